The zero-order chi connectivity index (χ0) is 35.5. The average Bonchev–Trinajstić information content (AvgIpc) is 3.87. The van der Waals surface area contributed by atoms with Crippen molar-refractivity contribution in [2.24, 2.45) is 0 Å². The summed E-state index contributed by atoms with van der Waals surface area (Å²) in [6.45, 7) is 2.36. The van der Waals surface area contributed by atoms with E-state index in [0.717, 1.165) is 38.9 Å². The average molecular weight is 683 g/mol. The molecule has 6 aromatic carbocycles. The van der Waals surface area contributed by atoms with Crippen molar-refractivity contribution in [1.29, 1.82) is 0 Å². The van der Waals surface area contributed by atoms with E-state index in [4.69, 9.17) is 15.0 Å². The molecule has 2 N–H and O–H groups in total. The van der Waals surface area contributed by atoms with Crippen LogP contribution in [0.4, 0.5) is 0 Å². The van der Waals surface area contributed by atoms with Crippen LogP contribution in [0.15, 0.2) is 158 Å². The van der Waals surface area contributed by atoms with E-state index in [0.29, 0.717) is 29.3 Å². The van der Waals surface area contributed by atoms with Gasteiger partial charge in [-0.3, -0.25) is 0 Å². The number of benzene rings is 6. The minimum atomic E-state index is -1.03. The number of tetrazole rings is 1. The Bertz CT molecular complexity index is 2360. The molecule has 254 valence electrons. The number of para-hydroxylation sites is 1. The number of carboxylic acid groups (broad SMARTS) is 1. The second kappa shape index (κ2) is 13.9. The molecule has 52 heavy (non-hydrogen) atoms. The molecule has 0 radical (unpaired) electrons. The Morgan fingerprint density at radius 3 is 1.88 bits per heavy atom. The van der Waals surface area contributed by atoms with Crippen molar-refractivity contribution in [3.63, 3.8) is 0 Å². The van der Waals surface area contributed by atoms with Gasteiger partial charge in [-0.1, -0.05) is 146 Å². The van der Waals surface area contributed by atoms with Crippen LogP contribution in [-0.2, 0) is 10.3 Å². The predicted molar refractivity (Wildman–Crippen MR) is 200 cm³/mol. The van der Waals surface area contributed by atoms with Gasteiger partial charge in [0, 0.05) is 12.2 Å². The quantitative estimate of drug-likeness (QED) is 0.131. The molecular weight excluding hydrogens is 649 g/mol. The maximum absolute atomic E-state index is 11.9. The number of hydrogen-bond donors (Lipinski definition) is 2. The molecule has 8 aromatic rings. The SMILES string of the molecule is CCOC(c1ccc(-c2ccccc2-c2nnnn2C(c2ccccc2)(c2ccccc2)c2ccccc2)cc1)c1nc2c(C(=O)O)cccc2[nH]1. The lowest BCUT2D eigenvalue weighted by Gasteiger charge is -2.36. The molecule has 0 saturated heterocycles. The Kier molecular flexibility index (Phi) is 8.68. The van der Waals surface area contributed by atoms with Crippen molar-refractivity contribution in [1.82, 2.24) is 30.2 Å². The number of aromatic carboxylic acids is 1. The highest BCUT2D eigenvalue weighted by Gasteiger charge is 2.42. The summed E-state index contributed by atoms with van der Waals surface area (Å²) >= 11 is 0. The van der Waals surface area contributed by atoms with Crippen molar-refractivity contribution in [3.8, 4) is 22.5 Å². The standard InChI is InChI=1S/C43H34N6O3/c1-2-52-39(40-44-37-24-14-23-36(42(50)51)38(37)45-40)30-27-25-29(26-28-30)34-21-12-13-22-35(34)41-46-47-48-49(41)43(31-15-6-3-7-16-31,32-17-8-4-9-18-32)33-19-10-5-11-20-33/h3-28,39H,2H2,1H3,(H,44,45)(H,50,51). The first-order valence-electron chi connectivity index (χ1n) is 17.1. The predicted octanol–water partition coefficient (Wildman–Crippen LogP) is 8.55. The van der Waals surface area contributed by atoms with Crippen molar-refractivity contribution >= 4 is 17.0 Å². The Morgan fingerprint density at radius 2 is 1.31 bits per heavy atom. The van der Waals surface area contributed by atoms with E-state index in [1.165, 1.54) is 0 Å². The van der Waals surface area contributed by atoms with Crippen molar-refractivity contribution in [2.45, 2.75) is 18.6 Å². The van der Waals surface area contributed by atoms with Crippen LogP contribution in [0, 0.1) is 0 Å². The number of carboxylic acids is 1. The van der Waals surface area contributed by atoms with Crippen molar-refractivity contribution < 1.29 is 14.6 Å². The van der Waals surface area contributed by atoms with Gasteiger partial charge in [0.15, 0.2) is 5.82 Å². The number of imidazole rings is 1. The number of aromatic nitrogens is 6. The maximum Gasteiger partial charge on any atom is 0.337 e. The molecule has 1 unspecified atom stereocenters. The minimum absolute atomic E-state index is 0.139. The lowest BCUT2D eigenvalue weighted by molar-refractivity contribution is 0.0698. The molecule has 9 heteroatoms. The van der Waals surface area contributed by atoms with Gasteiger partial charge in [0.05, 0.1) is 11.1 Å². The van der Waals surface area contributed by atoms with E-state index in [1.807, 2.05) is 96.5 Å². The number of hydrogen-bond acceptors (Lipinski definition) is 6. The van der Waals surface area contributed by atoms with Crippen LogP contribution < -0.4 is 0 Å². The molecule has 2 aromatic heterocycles. The van der Waals surface area contributed by atoms with Gasteiger partial charge in [0.25, 0.3) is 0 Å². The van der Waals surface area contributed by atoms with Crippen LogP contribution in [-0.4, -0.2) is 47.9 Å². The fourth-order valence-corrected chi connectivity index (χ4v) is 7.10. The number of aromatic amines is 1. The van der Waals surface area contributed by atoms with Gasteiger partial charge in [0.1, 0.15) is 23.0 Å². The number of ether oxygens (including phenoxy) is 1. The topological polar surface area (TPSA) is 119 Å². The van der Waals surface area contributed by atoms with Crippen LogP contribution in [0.25, 0.3) is 33.5 Å². The highest BCUT2D eigenvalue weighted by Crippen LogP contribution is 2.43. The van der Waals surface area contributed by atoms with Crippen LogP contribution in [0.1, 0.15) is 51.5 Å². The monoisotopic (exact) mass is 682 g/mol. The molecule has 0 spiro atoms. The number of rotatable bonds is 11. The number of fused-ring (bicyclic) bond motifs is 1. The van der Waals surface area contributed by atoms with E-state index in [-0.39, 0.29) is 5.56 Å². The van der Waals surface area contributed by atoms with Crippen LogP contribution >= 0.6 is 0 Å². The van der Waals surface area contributed by atoms with E-state index in [9.17, 15) is 9.90 Å². The molecule has 0 aliphatic rings. The second-order valence-electron chi connectivity index (χ2n) is 12.4. The summed E-state index contributed by atoms with van der Waals surface area (Å²) in [7, 11) is 0. The van der Waals surface area contributed by atoms with Gasteiger partial charge >= 0.3 is 5.97 Å². The molecule has 0 aliphatic carbocycles. The van der Waals surface area contributed by atoms with E-state index < -0.39 is 17.6 Å². The Balaban J connectivity index is 1.25. The summed E-state index contributed by atoms with van der Waals surface area (Å²) in [4.78, 5) is 19.8. The summed E-state index contributed by atoms with van der Waals surface area (Å²) in [5, 5.41) is 23.5. The molecule has 8 rings (SSSR count). The van der Waals surface area contributed by atoms with Gasteiger partial charge in [-0.15, -0.1) is 5.10 Å². The summed E-state index contributed by atoms with van der Waals surface area (Å²) in [5.74, 6) is 0.121. The number of nitrogens with zero attached hydrogens (tertiary/aromatic N) is 5. The molecule has 1 atom stereocenters. The highest BCUT2D eigenvalue weighted by atomic mass is 16.5. The van der Waals surface area contributed by atoms with E-state index in [1.54, 1.807) is 12.1 Å². The first-order chi connectivity index (χ1) is 25.6. The number of H-pyrrole nitrogens is 1. The molecule has 0 saturated carbocycles. The van der Waals surface area contributed by atoms with Gasteiger partial charge in [0.2, 0.25) is 0 Å². The third kappa shape index (κ3) is 5.63. The number of carbonyl (C=O) groups is 1. The first-order valence-corrected chi connectivity index (χ1v) is 17.1. The van der Waals surface area contributed by atoms with Gasteiger partial charge in [-0.05, 0) is 62.9 Å². The van der Waals surface area contributed by atoms with Crippen molar-refractivity contribution in [2.75, 3.05) is 6.61 Å². The van der Waals surface area contributed by atoms with E-state index >= 15 is 0 Å². The maximum atomic E-state index is 11.9. The molecule has 9 nitrogen and oxygen atoms in total. The summed E-state index contributed by atoms with van der Waals surface area (Å²) in [6, 6.07) is 52.4. The molecule has 0 aliphatic heterocycles. The smallest absolute Gasteiger partial charge is 0.337 e. The lowest BCUT2D eigenvalue weighted by atomic mass is 9.77. The molecule has 0 bridgehead atoms. The Labute approximate surface area is 300 Å². The van der Waals surface area contributed by atoms with Crippen LogP contribution in [0.3, 0.4) is 0 Å². The van der Waals surface area contributed by atoms with E-state index in [2.05, 4.69) is 75.8 Å². The molecular formula is C43H34N6O3. The fourth-order valence-electron chi connectivity index (χ4n) is 7.10. The third-order valence-corrected chi connectivity index (χ3v) is 9.40. The number of nitrogens with one attached hydrogen (secondary N) is 1. The van der Waals surface area contributed by atoms with Crippen molar-refractivity contribution in [3.05, 3.63) is 191 Å². The highest BCUT2D eigenvalue weighted by molar-refractivity contribution is 6.00. The second-order valence-corrected chi connectivity index (χ2v) is 12.4. The Morgan fingerprint density at radius 1 is 0.731 bits per heavy atom. The molecule has 0 amide bonds. The third-order valence-electron chi connectivity index (χ3n) is 9.40. The van der Waals surface area contributed by atoms with Gasteiger partial charge in [-0.25, -0.2) is 14.5 Å². The summed E-state index contributed by atoms with van der Waals surface area (Å²) in [5.41, 5.74) is 7.01. The van der Waals surface area contributed by atoms with Gasteiger partial charge < -0.3 is 14.8 Å². The minimum Gasteiger partial charge on any atom is -0.478 e. The fraction of sp³-hybridized carbons (Fsp3) is 0.0930. The van der Waals surface area contributed by atoms with Gasteiger partial charge in [-0.2, -0.15) is 0 Å². The largest absolute Gasteiger partial charge is 0.478 e. The zero-order valence-corrected chi connectivity index (χ0v) is 28.3. The Hall–Kier alpha value is -6.71. The molecule has 2 heterocycles. The normalized spacial score (nSPS) is 12.2. The van der Waals surface area contributed by atoms with Crippen LogP contribution in [0.2, 0.25) is 0 Å². The first kappa shape index (κ1) is 32.5. The van der Waals surface area contributed by atoms with Crippen LogP contribution in [0.5, 0.6) is 0 Å². The summed E-state index contributed by atoms with van der Waals surface area (Å²) in [6.07, 6.45) is -0.529. The summed E-state index contributed by atoms with van der Waals surface area (Å²) < 4.78 is 8.12. The molecule has 0 fully saturated rings. The lowest BCUT2D eigenvalue weighted by Crippen LogP contribution is -2.39. The zero-order valence-electron chi connectivity index (χ0n) is 28.3.